The van der Waals surface area contributed by atoms with Gasteiger partial charge >= 0.3 is 0 Å². The topological polar surface area (TPSA) is 37.9 Å². The van der Waals surface area contributed by atoms with Crippen molar-refractivity contribution in [1.29, 1.82) is 0 Å². The van der Waals surface area contributed by atoms with Gasteiger partial charge in [-0.25, -0.2) is 0 Å². The molecule has 0 spiro atoms. The molecule has 1 N–H and O–H groups in total. The third-order valence-corrected chi connectivity index (χ3v) is 2.10. The summed E-state index contributed by atoms with van der Waals surface area (Å²) in [5, 5.41) is 6.55. The van der Waals surface area contributed by atoms with Crippen LogP contribution in [0.25, 0.3) is 0 Å². The molecule has 4 heteroatoms. The second-order valence-electron chi connectivity index (χ2n) is 2.46. The lowest BCUT2D eigenvalue weighted by atomic mass is 10.3. The molecule has 0 unspecified atom stereocenters. The van der Waals surface area contributed by atoms with E-state index in [4.69, 9.17) is 4.74 Å². The molecule has 1 heterocycles. The molecular weight excluding hydrogens is 232 g/mol. The average molecular weight is 239 g/mol. The summed E-state index contributed by atoms with van der Waals surface area (Å²) in [5.41, 5.74) is 0. The number of hydrogen-bond acceptors (Lipinski definition) is 2. The summed E-state index contributed by atoms with van der Waals surface area (Å²) in [6, 6.07) is 9.56. The molecule has 2 aromatic rings. The molecule has 1 aromatic carbocycles. The molecule has 0 atom stereocenters. The highest BCUT2D eigenvalue weighted by molar-refractivity contribution is 9.10. The Hall–Kier alpha value is -1.29. The van der Waals surface area contributed by atoms with Crippen LogP contribution in [0.1, 0.15) is 0 Å². The number of para-hydroxylation sites is 1. The fourth-order valence-corrected chi connectivity index (χ4v) is 1.23. The molecule has 0 saturated carbocycles. The molecular formula is C9H7BrN2O. The Morgan fingerprint density at radius 1 is 1.23 bits per heavy atom. The molecule has 2 rings (SSSR count). The number of hydrogen-bond donors (Lipinski definition) is 1. The van der Waals surface area contributed by atoms with Gasteiger partial charge in [-0.05, 0) is 28.1 Å². The summed E-state index contributed by atoms with van der Waals surface area (Å²) in [7, 11) is 0. The number of nitrogens with zero attached hydrogens (tertiary/aromatic N) is 1. The van der Waals surface area contributed by atoms with Gasteiger partial charge in [-0.2, -0.15) is 5.10 Å². The van der Waals surface area contributed by atoms with E-state index in [2.05, 4.69) is 26.1 Å². The Morgan fingerprint density at radius 3 is 2.62 bits per heavy atom. The highest BCUT2D eigenvalue weighted by Gasteiger charge is 2.02. The van der Waals surface area contributed by atoms with E-state index < -0.39 is 0 Å². The third kappa shape index (κ3) is 1.89. The van der Waals surface area contributed by atoms with Crippen LogP contribution in [0.15, 0.2) is 41.1 Å². The van der Waals surface area contributed by atoms with Crippen molar-refractivity contribution in [1.82, 2.24) is 10.2 Å². The molecule has 0 aliphatic rings. The lowest BCUT2D eigenvalue weighted by Crippen LogP contribution is -1.81. The van der Waals surface area contributed by atoms with E-state index in [0.717, 1.165) is 10.4 Å². The Labute approximate surface area is 83.9 Å². The van der Waals surface area contributed by atoms with E-state index in [-0.39, 0.29) is 0 Å². The van der Waals surface area contributed by atoms with E-state index >= 15 is 0 Å². The van der Waals surface area contributed by atoms with Gasteiger partial charge in [0.1, 0.15) is 10.4 Å². The molecule has 1 aromatic heterocycles. The van der Waals surface area contributed by atoms with Gasteiger partial charge in [0.15, 0.2) is 5.75 Å². The van der Waals surface area contributed by atoms with Crippen molar-refractivity contribution < 1.29 is 4.74 Å². The summed E-state index contributed by atoms with van der Waals surface area (Å²) < 4.78 is 6.26. The highest BCUT2D eigenvalue weighted by atomic mass is 79.9. The maximum atomic E-state index is 5.51. The van der Waals surface area contributed by atoms with Crippen LogP contribution in [-0.2, 0) is 0 Å². The summed E-state index contributed by atoms with van der Waals surface area (Å²) in [5.74, 6) is 1.48. The molecule has 0 amide bonds. The lowest BCUT2D eigenvalue weighted by molar-refractivity contribution is 0.480. The Morgan fingerprint density at radius 2 is 2.00 bits per heavy atom. The second-order valence-corrected chi connectivity index (χ2v) is 3.26. The molecule has 0 aliphatic heterocycles. The SMILES string of the molecule is Brc1[nH]ncc1Oc1ccccc1. The summed E-state index contributed by atoms with van der Waals surface area (Å²) >= 11 is 3.28. The molecule has 3 nitrogen and oxygen atoms in total. The van der Waals surface area contributed by atoms with Crippen molar-refractivity contribution in [3.63, 3.8) is 0 Å². The zero-order valence-electron chi connectivity index (χ0n) is 6.70. The van der Waals surface area contributed by atoms with E-state index in [1.165, 1.54) is 0 Å². The van der Waals surface area contributed by atoms with E-state index in [1.54, 1.807) is 6.20 Å². The fourth-order valence-electron chi connectivity index (χ4n) is 0.946. The zero-order valence-corrected chi connectivity index (χ0v) is 8.28. The minimum Gasteiger partial charge on any atom is -0.453 e. The minimum atomic E-state index is 0.686. The van der Waals surface area contributed by atoms with Crippen LogP contribution in [0.2, 0.25) is 0 Å². The van der Waals surface area contributed by atoms with Crippen LogP contribution in [0.4, 0.5) is 0 Å². The van der Waals surface area contributed by atoms with Gasteiger partial charge in [0.2, 0.25) is 0 Å². The first-order valence-electron chi connectivity index (χ1n) is 3.78. The number of ether oxygens (including phenoxy) is 1. The first-order chi connectivity index (χ1) is 6.36. The number of aromatic amines is 1. The molecule has 0 radical (unpaired) electrons. The van der Waals surface area contributed by atoms with Crippen molar-refractivity contribution in [3.8, 4) is 11.5 Å². The molecule has 0 saturated heterocycles. The largest absolute Gasteiger partial charge is 0.453 e. The van der Waals surface area contributed by atoms with Crippen LogP contribution < -0.4 is 4.74 Å². The fraction of sp³-hybridized carbons (Fsp3) is 0. The monoisotopic (exact) mass is 238 g/mol. The van der Waals surface area contributed by atoms with Crippen molar-refractivity contribution >= 4 is 15.9 Å². The number of rotatable bonds is 2. The van der Waals surface area contributed by atoms with Gasteiger partial charge in [0.05, 0.1) is 6.20 Å². The average Bonchev–Trinajstić information content (AvgIpc) is 2.54. The van der Waals surface area contributed by atoms with Crippen LogP contribution >= 0.6 is 15.9 Å². The first kappa shape index (κ1) is 8.31. The van der Waals surface area contributed by atoms with Crippen LogP contribution in [0.5, 0.6) is 11.5 Å². The molecule has 66 valence electrons. The Kier molecular flexibility index (Phi) is 2.31. The van der Waals surface area contributed by atoms with Gasteiger partial charge in [-0.1, -0.05) is 18.2 Å². The predicted octanol–water partition coefficient (Wildman–Crippen LogP) is 2.96. The first-order valence-corrected chi connectivity index (χ1v) is 4.57. The lowest BCUT2D eigenvalue weighted by Gasteiger charge is -2.01. The van der Waals surface area contributed by atoms with E-state index in [1.807, 2.05) is 30.3 Å². The number of aromatic nitrogens is 2. The van der Waals surface area contributed by atoms with Gasteiger partial charge in [0, 0.05) is 0 Å². The van der Waals surface area contributed by atoms with Crippen LogP contribution in [-0.4, -0.2) is 10.2 Å². The molecule has 0 fully saturated rings. The van der Waals surface area contributed by atoms with Crippen molar-refractivity contribution in [3.05, 3.63) is 41.1 Å². The Bertz CT molecular complexity index is 386. The van der Waals surface area contributed by atoms with Crippen LogP contribution in [0.3, 0.4) is 0 Å². The van der Waals surface area contributed by atoms with Gasteiger partial charge in [-0.3, -0.25) is 5.10 Å². The maximum Gasteiger partial charge on any atom is 0.179 e. The summed E-state index contributed by atoms with van der Waals surface area (Å²) in [6.45, 7) is 0. The summed E-state index contributed by atoms with van der Waals surface area (Å²) in [4.78, 5) is 0. The molecule has 13 heavy (non-hydrogen) atoms. The van der Waals surface area contributed by atoms with Crippen molar-refractivity contribution in [2.24, 2.45) is 0 Å². The smallest absolute Gasteiger partial charge is 0.179 e. The molecule has 0 aliphatic carbocycles. The molecule has 0 bridgehead atoms. The van der Waals surface area contributed by atoms with Crippen molar-refractivity contribution in [2.45, 2.75) is 0 Å². The second kappa shape index (κ2) is 3.62. The summed E-state index contributed by atoms with van der Waals surface area (Å²) in [6.07, 6.45) is 1.62. The number of nitrogens with one attached hydrogen (secondary N) is 1. The van der Waals surface area contributed by atoms with Gasteiger partial charge in [0.25, 0.3) is 0 Å². The zero-order chi connectivity index (χ0) is 9.10. The van der Waals surface area contributed by atoms with Crippen molar-refractivity contribution in [2.75, 3.05) is 0 Å². The minimum absolute atomic E-state index is 0.686. The standard InChI is InChI=1S/C9H7BrN2O/c10-9-8(6-11-12-9)13-7-4-2-1-3-5-7/h1-6H,(H,11,12). The third-order valence-electron chi connectivity index (χ3n) is 1.53. The normalized spacial score (nSPS) is 9.92. The number of H-pyrrole nitrogens is 1. The number of halogens is 1. The van der Waals surface area contributed by atoms with E-state index in [0.29, 0.717) is 5.75 Å². The van der Waals surface area contributed by atoms with Gasteiger partial charge in [-0.15, -0.1) is 0 Å². The predicted molar refractivity (Wildman–Crippen MR) is 52.8 cm³/mol. The van der Waals surface area contributed by atoms with Crippen LogP contribution in [0, 0.1) is 0 Å². The number of benzene rings is 1. The quantitative estimate of drug-likeness (QED) is 0.874. The maximum absolute atomic E-state index is 5.51. The van der Waals surface area contributed by atoms with E-state index in [9.17, 15) is 0 Å². The Balaban J connectivity index is 2.20. The van der Waals surface area contributed by atoms with Gasteiger partial charge < -0.3 is 4.74 Å². The highest BCUT2D eigenvalue weighted by Crippen LogP contribution is 2.26.